The van der Waals surface area contributed by atoms with E-state index in [0.717, 1.165) is 6.92 Å². The van der Waals surface area contributed by atoms with Crippen LogP contribution in [0.1, 0.15) is 40.1 Å². The minimum absolute atomic E-state index is 0.159. The van der Waals surface area contributed by atoms with Gasteiger partial charge in [-0.15, -0.1) is 0 Å². The van der Waals surface area contributed by atoms with Crippen LogP contribution in [0.15, 0.2) is 12.1 Å². The van der Waals surface area contributed by atoms with E-state index in [-0.39, 0.29) is 6.07 Å². The number of fused-ring (bicyclic) bond motifs is 1. The lowest BCUT2D eigenvalue weighted by Gasteiger charge is -2.16. The van der Waals surface area contributed by atoms with E-state index >= 15 is 0 Å². The van der Waals surface area contributed by atoms with Crippen LogP contribution in [0.25, 0.3) is 0 Å². The molecule has 1 aliphatic carbocycles. The Bertz CT molecular complexity index is 617. The Labute approximate surface area is 120 Å². The molecule has 1 aromatic rings. The van der Waals surface area contributed by atoms with Crippen LogP contribution in [0.4, 0.5) is 26.3 Å². The molecule has 0 spiro atoms. The van der Waals surface area contributed by atoms with E-state index in [9.17, 15) is 41.4 Å². The molecule has 0 saturated heterocycles. The highest BCUT2D eigenvalue weighted by Crippen LogP contribution is 2.46. The molecule has 2 N–H and O–H groups in total. The van der Waals surface area contributed by atoms with E-state index in [1.165, 1.54) is 0 Å². The first-order chi connectivity index (χ1) is 9.85. The molecule has 122 valence electrons. The van der Waals surface area contributed by atoms with Crippen molar-refractivity contribution in [2.75, 3.05) is 0 Å². The molecule has 1 aromatic carbocycles. The summed E-state index contributed by atoms with van der Waals surface area (Å²) in [4.78, 5) is 12.0. The fraction of sp³-hybridized carbons (Fsp3) is 0.462. The second kappa shape index (κ2) is 4.95. The minimum Gasteiger partial charge on any atom is -0.393 e. The van der Waals surface area contributed by atoms with Crippen molar-refractivity contribution in [1.82, 2.24) is 0 Å². The fourth-order valence-corrected chi connectivity index (χ4v) is 2.55. The Morgan fingerprint density at radius 3 is 2.05 bits per heavy atom. The van der Waals surface area contributed by atoms with Crippen molar-refractivity contribution in [3.05, 3.63) is 34.4 Å². The summed E-state index contributed by atoms with van der Waals surface area (Å²) >= 11 is 0. The third-order valence-electron chi connectivity index (χ3n) is 3.53. The number of ketones is 1. The molecule has 9 heteroatoms. The van der Waals surface area contributed by atoms with Gasteiger partial charge in [-0.2, -0.15) is 26.3 Å². The lowest BCUT2D eigenvalue weighted by molar-refractivity contribution is -0.143. The van der Waals surface area contributed by atoms with E-state index in [0.29, 0.717) is 6.07 Å². The zero-order valence-electron chi connectivity index (χ0n) is 11.0. The monoisotopic (exact) mass is 328 g/mol. The van der Waals surface area contributed by atoms with Gasteiger partial charge in [0.05, 0.1) is 29.3 Å². The highest BCUT2D eigenvalue weighted by molar-refractivity contribution is 6.04. The molecule has 0 heterocycles. The van der Waals surface area contributed by atoms with Crippen molar-refractivity contribution >= 4 is 5.78 Å². The van der Waals surface area contributed by atoms with E-state index in [1.807, 2.05) is 0 Å². The SMILES string of the molecule is CC(O)C1C(=O)c2c(cc(C(F)(F)F)cc2C(F)(F)F)C1O. The third-order valence-corrected chi connectivity index (χ3v) is 3.53. The highest BCUT2D eigenvalue weighted by Gasteiger charge is 2.49. The number of benzene rings is 1. The van der Waals surface area contributed by atoms with E-state index < -0.39 is 58.5 Å². The molecule has 0 saturated carbocycles. The quantitative estimate of drug-likeness (QED) is 0.780. The topological polar surface area (TPSA) is 57.5 Å². The van der Waals surface area contributed by atoms with Gasteiger partial charge < -0.3 is 10.2 Å². The summed E-state index contributed by atoms with van der Waals surface area (Å²) in [6, 6.07) is 0.156. The van der Waals surface area contributed by atoms with Gasteiger partial charge in [0.1, 0.15) is 0 Å². The fourth-order valence-electron chi connectivity index (χ4n) is 2.55. The zero-order chi connectivity index (χ0) is 17.0. The predicted octanol–water partition coefficient (Wildman–Crippen LogP) is 2.95. The van der Waals surface area contributed by atoms with Crippen LogP contribution in [-0.4, -0.2) is 22.1 Å². The van der Waals surface area contributed by atoms with Crippen LogP contribution in [0, 0.1) is 5.92 Å². The standard InChI is InChI=1S/C13H10F6O3/c1-4(20)8-10(21)6-2-5(12(14,15)16)3-7(13(17,18)19)9(6)11(8)22/h2-4,8,10,20-21H,1H3. The largest absolute Gasteiger partial charge is 0.417 e. The van der Waals surface area contributed by atoms with Gasteiger partial charge in [0.25, 0.3) is 0 Å². The number of aliphatic hydroxyl groups is 2. The number of alkyl halides is 6. The summed E-state index contributed by atoms with van der Waals surface area (Å²) in [5.74, 6) is -2.85. The Hall–Kier alpha value is -1.61. The number of carbonyl (C=O) groups excluding carboxylic acids is 1. The molecule has 0 fully saturated rings. The first-order valence-corrected chi connectivity index (χ1v) is 6.08. The molecular weight excluding hydrogens is 318 g/mol. The molecule has 0 aromatic heterocycles. The smallest absolute Gasteiger partial charge is 0.393 e. The predicted molar refractivity (Wildman–Crippen MR) is 60.9 cm³/mol. The van der Waals surface area contributed by atoms with Gasteiger partial charge in [-0.25, -0.2) is 0 Å². The lowest BCUT2D eigenvalue weighted by Crippen LogP contribution is -2.26. The van der Waals surface area contributed by atoms with Gasteiger partial charge in [-0.1, -0.05) is 0 Å². The maximum absolute atomic E-state index is 13.0. The van der Waals surface area contributed by atoms with Crippen LogP contribution in [0.3, 0.4) is 0 Å². The molecule has 0 radical (unpaired) electrons. The minimum atomic E-state index is -5.20. The zero-order valence-corrected chi connectivity index (χ0v) is 11.0. The van der Waals surface area contributed by atoms with Crippen LogP contribution in [-0.2, 0) is 12.4 Å². The Morgan fingerprint density at radius 2 is 1.64 bits per heavy atom. The Morgan fingerprint density at radius 1 is 1.09 bits per heavy atom. The van der Waals surface area contributed by atoms with Gasteiger partial charge in [0.15, 0.2) is 5.78 Å². The average Bonchev–Trinajstić information content (AvgIpc) is 2.58. The van der Waals surface area contributed by atoms with Crippen LogP contribution in [0.5, 0.6) is 0 Å². The third kappa shape index (κ3) is 2.58. The molecule has 0 amide bonds. The molecule has 3 unspecified atom stereocenters. The second-order valence-electron chi connectivity index (χ2n) is 5.06. The summed E-state index contributed by atoms with van der Waals surface area (Å²) in [6.07, 6.45) is -13.7. The Kier molecular flexibility index (Phi) is 3.77. The molecule has 0 bridgehead atoms. The second-order valence-corrected chi connectivity index (χ2v) is 5.06. The molecule has 0 aliphatic heterocycles. The number of halogens is 6. The first-order valence-electron chi connectivity index (χ1n) is 6.08. The molecule has 22 heavy (non-hydrogen) atoms. The summed E-state index contributed by atoms with van der Waals surface area (Å²) in [5, 5.41) is 19.3. The van der Waals surface area contributed by atoms with Gasteiger partial charge in [-0.3, -0.25) is 4.79 Å². The van der Waals surface area contributed by atoms with Crippen molar-refractivity contribution in [1.29, 1.82) is 0 Å². The van der Waals surface area contributed by atoms with E-state index in [4.69, 9.17) is 0 Å². The number of aliphatic hydroxyl groups excluding tert-OH is 2. The number of hydrogen-bond acceptors (Lipinski definition) is 3. The van der Waals surface area contributed by atoms with Crippen LogP contribution < -0.4 is 0 Å². The summed E-state index contributed by atoms with van der Waals surface area (Å²) in [6.45, 7) is 1.07. The maximum atomic E-state index is 13.0. The molecule has 3 nitrogen and oxygen atoms in total. The van der Waals surface area contributed by atoms with Crippen LogP contribution in [0.2, 0.25) is 0 Å². The van der Waals surface area contributed by atoms with E-state index in [1.54, 1.807) is 0 Å². The number of rotatable bonds is 1. The number of Topliss-reactive ketones (excluding diaryl/α,β-unsaturated/α-hetero) is 1. The molecular formula is C13H10F6O3. The average molecular weight is 328 g/mol. The summed E-state index contributed by atoms with van der Waals surface area (Å²) < 4.78 is 77.1. The molecule has 1 aliphatic rings. The van der Waals surface area contributed by atoms with Crippen molar-refractivity contribution in [2.24, 2.45) is 5.92 Å². The normalized spacial score (nSPS) is 23.6. The van der Waals surface area contributed by atoms with Crippen molar-refractivity contribution in [3.8, 4) is 0 Å². The van der Waals surface area contributed by atoms with Crippen molar-refractivity contribution in [2.45, 2.75) is 31.5 Å². The van der Waals surface area contributed by atoms with Crippen molar-refractivity contribution in [3.63, 3.8) is 0 Å². The van der Waals surface area contributed by atoms with E-state index in [2.05, 4.69) is 0 Å². The van der Waals surface area contributed by atoms with Crippen LogP contribution >= 0.6 is 0 Å². The van der Waals surface area contributed by atoms with Gasteiger partial charge in [-0.05, 0) is 24.6 Å². The summed E-state index contributed by atoms with van der Waals surface area (Å²) in [5.41, 5.74) is -5.15. The van der Waals surface area contributed by atoms with Gasteiger partial charge in [0, 0.05) is 5.56 Å². The first kappa shape index (κ1) is 16.8. The molecule has 2 rings (SSSR count). The molecule has 3 atom stereocenters. The summed E-state index contributed by atoms with van der Waals surface area (Å²) in [7, 11) is 0. The number of hydrogen-bond donors (Lipinski definition) is 2. The number of carbonyl (C=O) groups is 1. The van der Waals surface area contributed by atoms with Crippen molar-refractivity contribution < 1.29 is 41.4 Å². The van der Waals surface area contributed by atoms with Gasteiger partial charge >= 0.3 is 12.4 Å². The Balaban J connectivity index is 2.76. The highest BCUT2D eigenvalue weighted by atomic mass is 19.4. The lowest BCUT2D eigenvalue weighted by atomic mass is 9.96. The maximum Gasteiger partial charge on any atom is 0.417 e. The van der Waals surface area contributed by atoms with Gasteiger partial charge in [0.2, 0.25) is 0 Å².